The van der Waals surface area contributed by atoms with Crippen molar-refractivity contribution in [2.24, 2.45) is 5.73 Å². The van der Waals surface area contributed by atoms with Crippen LogP contribution in [0.1, 0.15) is 26.7 Å². The summed E-state index contributed by atoms with van der Waals surface area (Å²) in [6, 6.07) is 0.233. The van der Waals surface area contributed by atoms with Crippen LogP contribution in [-0.2, 0) is 4.74 Å². The van der Waals surface area contributed by atoms with Gasteiger partial charge >= 0.3 is 0 Å². The highest BCUT2D eigenvalue weighted by Crippen LogP contribution is 1.87. The third kappa shape index (κ3) is 5.80. The molecule has 0 aromatic rings. The van der Waals surface area contributed by atoms with E-state index in [2.05, 4.69) is 13.8 Å². The topological polar surface area (TPSA) is 35.2 Å². The molecule has 9 heavy (non-hydrogen) atoms. The van der Waals surface area contributed by atoms with Crippen molar-refractivity contribution in [3.63, 3.8) is 0 Å². The van der Waals surface area contributed by atoms with E-state index in [1.54, 1.807) is 0 Å². The summed E-state index contributed by atoms with van der Waals surface area (Å²) >= 11 is 0. The summed E-state index contributed by atoms with van der Waals surface area (Å²) in [5, 5.41) is 0. The zero-order chi connectivity index (χ0) is 7.11. The molecule has 0 saturated heterocycles. The fourth-order valence-electron chi connectivity index (χ4n) is 0.497. The molecule has 0 aromatic carbocycles. The average molecular weight is 131 g/mol. The van der Waals surface area contributed by atoms with Gasteiger partial charge in [-0.05, 0) is 12.8 Å². The van der Waals surface area contributed by atoms with Crippen LogP contribution in [0.5, 0.6) is 0 Å². The van der Waals surface area contributed by atoms with E-state index in [4.69, 9.17) is 10.5 Å². The fourth-order valence-corrected chi connectivity index (χ4v) is 0.497. The summed E-state index contributed by atoms with van der Waals surface area (Å²) in [6.45, 7) is 5.72. The fraction of sp³-hybridized carbons (Fsp3) is 1.00. The highest BCUT2D eigenvalue weighted by molar-refractivity contribution is 4.54. The molecule has 0 aliphatic carbocycles. The van der Waals surface area contributed by atoms with Crippen molar-refractivity contribution in [1.29, 1.82) is 0 Å². The molecule has 2 N–H and O–H groups in total. The maximum atomic E-state index is 5.59. The molecule has 0 unspecified atom stereocenters. The number of rotatable bonds is 5. The van der Waals surface area contributed by atoms with E-state index in [9.17, 15) is 0 Å². The lowest BCUT2D eigenvalue weighted by Gasteiger charge is -2.07. The Morgan fingerprint density at radius 3 is 2.56 bits per heavy atom. The molecule has 0 heterocycles. The Kier molecular flexibility index (Phi) is 5.99. The molecule has 0 aliphatic rings. The molecule has 0 rings (SSSR count). The molecular formula is C7H17NO. The van der Waals surface area contributed by atoms with Gasteiger partial charge in [0.1, 0.15) is 0 Å². The minimum Gasteiger partial charge on any atom is -0.380 e. The van der Waals surface area contributed by atoms with Gasteiger partial charge in [-0.3, -0.25) is 0 Å². The predicted molar refractivity (Wildman–Crippen MR) is 39.4 cm³/mol. The standard InChI is InChI=1S/C7H17NO/c1-3-5-9-6-7(8)4-2/h7H,3-6,8H2,1-2H3/t7-/m1/s1. The van der Waals surface area contributed by atoms with E-state index in [1.807, 2.05) is 0 Å². The number of hydrogen-bond donors (Lipinski definition) is 1. The molecule has 2 heteroatoms. The van der Waals surface area contributed by atoms with Crippen LogP contribution in [0.4, 0.5) is 0 Å². The van der Waals surface area contributed by atoms with Crippen molar-refractivity contribution in [2.75, 3.05) is 13.2 Å². The van der Waals surface area contributed by atoms with Crippen LogP contribution in [0.25, 0.3) is 0 Å². The maximum absolute atomic E-state index is 5.59. The maximum Gasteiger partial charge on any atom is 0.0617 e. The second kappa shape index (κ2) is 6.05. The average Bonchev–Trinajstić information content (AvgIpc) is 1.89. The zero-order valence-electron chi connectivity index (χ0n) is 6.39. The Balaban J connectivity index is 2.88. The highest BCUT2D eigenvalue weighted by Gasteiger charge is 1.95. The summed E-state index contributed by atoms with van der Waals surface area (Å²) in [4.78, 5) is 0. The van der Waals surface area contributed by atoms with Gasteiger partial charge in [0, 0.05) is 12.6 Å². The van der Waals surface area contributed by atoms with Crippen molar-refractivity contribution >= 4 is 0 Å². The quantitative estimate of drug-likeness (QED) is 0.568. The summed E-state index contributed by atoms with van der Waals surface area (Å²) in [5.41, 5.74) is 5.59. The third-order valence-corrected chi connectivity index (χ3v) is 1.20. The molecule has 0 aliphatic heterocycles. The Morgan fingerprint density at radius 1 is 1.44 bits per heavy atom. The number of nitrogens with two attached hydrogens (primary N) is 1. The van der Waals surface area contributed by atoms with Crippen LogP contribution in [-0.4, -0.2) is 19.3 Å². The minimum absolute atomic E-state index is 0.233. The van der Waals surface area contributed by atoms with Gasteiger partial charge < -0.3 is 10.5 Å². The first-order chi connectivity index (χ1) is 4.31. The Labute approximate surface area is 57.4 Å². The monoisotopic (exact) mass is 131 g/mol. The minimum atomic E-state index is 0.233. The number of hydrogen-bond acceptors (Lipinski definition) is 2. The van der Waals surface area contributed by atoms with Crippen LogP contribution in [0, 0.1) is 0 Å². The van der Waals surface area contributed by atoms with Crippen LogP contribution in [0.15, 0.2) is 0 Å². The molecule has 1 atom stereocenters. The molecule has 0 fully saturated rings. The van der Waals surface area contributed by atoms with Crippen LogP contribution in [0.2, 0.25) is 0 Å². The van der Waals surface area contributed by atoms with Crippen molar-refractivity contribution in [1.82, 2.24) is 0 Å². The van der Waals surface area contributed by atoms with E-state index >= 15 is 0 Å². The first-order valence-corrected chi connectivity index (χ1v) is 3.64. The molecule has 0 radical (unpaired) electrons. The van der Waals surface area contributed by atoms with Gasteiger partial charge in [-0.1, -0.05) is 13.8 Å². The van der Waals surface area contributed by atoms with Crippen LogP contribution >= 0.6 is 0 Å². The van der Waals surface area contributed by atoms with Gasteiger partial charge in [0.05, 0.1) is 6.61 Å². The zero-order valence-corrected chi connectivity index (χ0v) is 6.39. The lowest BCUT2D eigenvalue weighted by Crippen LogP contribution is -2.25. The molecule has 56 valence electrons. The largest absolute Gasteiger partial charge is 0.380 e. The second-order valence-electron chi connectivity index (χ2n) is 2.24. The van der Waals surface area contributed by atoms with E-state index in [-0.39, 0.29) is 6.04 Å². The van der Waals surface area contributed by atoms with Gasteiger partial charge in [0.15, 0.2) is 0 Å². The lowest BCUT2D eigenvalue weighted by molar-refractivity contribution is 0.120. The van der Waals surface area contributed by atoms with Gasteiger partial charge in [0.2, 0.25) is 0 Å². The second-order valence-corrected chi connectivity index (χ2v) is 2.24. The first kappa shape index (κ1) is 8.92. The molecule has 0 aromatic heterocycles. The predicted octanol–water partition coefficient (Wildman–Crippen LogP) is 1.15. The molecule has 0 spiro atoms. The third-order valence-electron chi connectivity index (χ3n) is 1.20. The van der Waals surface area contributed by atoms with Crippen molar-refractivity contribution in [3.8, 4) is 0 Å². The van der Waals surface area contributed by atoms with Crippen molar-refractivity contribution in [2.45, 2.75) is 32.7 Å². The Hall–Kier alpha value is -0.0800. The summed E-state index contributed by atoms with van der Waals surface area (Å²) < 4.78 is 5.21. The van der Waals surface area contributed by atoms with Crippen molar-refractivity contribution in [3.05, 3.63) is 0 Å². The molecular weight excluding hydrogens is 114 g/mol. The molecule has 2 nitrogen and oxygen atoms in total. The van der Waals surface area contributed by atoms with Gasteiger partial charge in [-0.15, -0.1) is 0 Å². The SMILES string of the molecule is CCCOC[C@H](N)CC. The van der Waals surface area contributed by atoms with Gasteiger partial charge in [0.25, 0.3) is 0 Å². The molecule has 0 amide bonds. The van der Waals surface area contributed by atoms with E-state index < -0.39 is 0 Å². The van der Waals surface area contributed by atoms with E-state index in [1.165, 1.54) is 0 Å². The van der Waals surface area contributed by atoms with E-state index in [0.29, 0.717) is 6.61 Å². The normalized spacial score (nSPS) is 13.7. The summed E-state index contributed by atoms with van der Waals surface area (Å²) in [7, 11) is 0. The van der Waals surface area contributed by atoms with Crippen LogP contribution < -0.4 is 5.73 Å². The Bertz CT molecular complexity index is 56.9. The van der Waals surface area contributed by atoms with Gasteiger partial charge in [-0.25, -0.2) is 0 Å². The summed E-state index contributed by atoms with van der Waals surface area (Å²) in [5.74, 6) is 0. The highest BCUT2D eigenvalue weighted by atomic mass is 16.5. The Morgan fingerprint density at radius 2 is 2.11 bits per heavy atom. The molecule has 0 saturated carbocycles. The molecule has 0 bridgehead atoms. The first-order valence-electron chi connectivity index (χ1n) is 3.64. The lowest BCUT2D eigenvalue weighted by atomic mass is 10.3. The smallest absolute Gasteiger partial charge is 0.0617 e. The van der Waals surface area contributed by atoms with Crippen LogP contribution in [0.3, 0.4) is 0 Å². The van der Waals surface area contributed by atoms with E-state index in [0.717, 1.165) is 19.4 Å². The van der Waals surface area contributed by atoms with Gasteiger partial charge in [-0.2, -0.15) is 0 Å². The summed E-state index contributed by atoms with van der Waals surface area (Å²) in [6.07, 6.45) is 2.08. The number of ether oxygens (including phenoxy) is 1. The van der Waals surface area contributed by atoms with Crippen molar-refractivity contribution < 1.29 is 4.74 Å².